The van der Waals surface area contributed by atoms with Crippen molar-refractivity contribution in [3.05, 3.63) is 48.0 Å². The molecule has 7 nitrogen and oxygen atoms in total. The zero-order chi connectivity index (χ0) is 18.0. The van der Waals surface area contributed by atoms with Crippen molar-refractivity contribution in [3.8, 4) is 17.1 Å². The lowest BCUT2D eigenvalue weighted by atomic mass is 10.1. The number of hydrogen-bond donors (Lipinski definition) is 3. The highest BCUT2D eigenvalue weighted by atomic mass is 19.4. The number of nitrogens with two attached hydrogens (primary N) is 2. The summed E-state index contributed by atoms with van der Waals surface area (Å²) in [5.41, 5.74) is 4.05. The summed E-state index contributed by atoms with van der Waals surface area (Å²) in [6, 6.07) is 10.3. The number of hydrazone groups is 1. The Hall–Kier alpha value is -3.27. The minimum atomic E-state index is -4.75. The predicted molar refractivity (Wildman–Crippen MR) is 84.2 cm³/mol. The molecule has 0 radical (unpaired) electrons. The van der Waals surface area contributed by atoms with E-state index in [0.29, 0.717) is 27.8 Å². The van der Waals surface area contributed by atoms with Gasteiger partial charge in [0, 0.05) is 11.1 Å². The molecule has 0 aliphatic rings. The third-order valence-electron chi connectivity index (χ3n) is 3.37. The quantitative estimate of drug-likeness (QED) is 0.289. The van der Waals surface area contributed by atoms with Crippen LogP contribution in [0.4, 0.5) is 13.2 Å². The Bertz CT molecular complexity index is 919. The summed E-state index contributed by atoms with van der Waals surface area (Å²) >= 11 is 0. The SMILES string of the molecule is N/N=C(\NN)c1ccc2noc(-c3ccc(OC(F)(F)F)cc3)c2c1. The zero-order valence-corrected chi connectivity index (χ0v) is 12.5. The zero-order valence-electron chi connectivity index (χ0n) is 12.5. The molecular formula is C15H12F3N5O2. The molecule has 0 fully saturated rings. The van der Waals surface area contributed by atoms with E-state index < -0.39 is 6.36 Å². The van der Waals surface area contributed by atoms with Crippen molar-refractivity contribution in [2.45, 2.75) is 6.36 Å². The molecular weight excluding hydrogens is 339 g/mol. The highest BCUT2D eigenvalue weighted by Crippen LogP contribution is 2.31. The van der Waals surface area contributed by atoms with Gasteiger partial charge in [-0.15, -0.1) is 13.2 Å². The molecule has 0 saturated heterocycles. The van der Waals surface area contributed by atoms with E-state index >= 15 is 0 Å². The molecule has 3 rings (SSSR count). The van der Waals surface area contributed by atoms with Crippen molar-refractivity contribution in [2.24, 2.45) is 16.8 Å². The number of halogens is 3. The van der Waals surface area contributed by atoms with Gasteiger partial charge in [-0.25, -0.2) is 5.84 Å². The molecule has 25 heavy (non-hydrogen) atoms. The first-order valence-corrected chi connectivity index (χ1v) is 6.92. The van der Waals surface area contributed by atoms with Crippen LogP contribution in [0.25, 0.3) is 22.2 Å². The highest BCUT2D eigenvalue weighted by Gasteiger charge is 2.31. The average molecular weight is 351 g/mol. The summed E-state index contributed by atoms with van der Waals surface area (Å²) in [6.07, 6.45) is -4.75. The monoisotopic (exact) mass is 351 g/mol. The van der Waals surface area contributed by atoms with E-state index in [4.69, 9.17) is 16.2 Å². The molecule has 0 aliphatic carbocycles. The van der Waals surface area contributed by atoms with Crippen LogP contribution in [0.1, 0.15) is 5.56 Å². The molecule has 1 aromatic heterocycles. The first-order chi connectivity index (χ1) is 11.9. The van der Waals surface area contributed by atoms with Crippen LogP contribution in [0.5, 0.6) is 5.75 Å². The Kier molecular flexibility index (Phi) is 4.19. The second-order valence-electron chi connectivity index (χ2n) is 4.94. The fourth-order valence-electron chi connectivity index (χ4n) is 2.30. The third kappa shape index (κ3) is 3.48. The van der Waals surface area contributed by atoms with Crippen molar-refractivity contribution in [1.82, 2.24) is 10.6 Å². The fraction of sp³-hybridized carbons (Fsp3) is 0.0667. The van der Waals surface area contributed by atoms with Gasteiger partial charge in [0.15, 0.2) is 11.6 Å². The highest BCUT2D eigenvalue weighted by molar-refractivity contribution is 6.03. The van der Waals surface area contributed by atoms with Gasteiger partial charge in [0.25, 0.3) is 0 Å². The smallest absolute Gasteiger partial charge is 0.406 e. The predicted octanol–water partition coefficient (Wildman–Crippen LogP) is 2.48. The number of hydrazine groups is 1. The molecule has 2 aromatic carbocycles. The first kappa shape index (κ1) is 16.6. The Morgan fingerprint density at radius 3 is 2.48 bits per heavy atom. The third-order valence-corrected chi connectivity index (χ3v) is 3.37. The van der Waals surface area contributed by atoms with Gasteiger partial charge in [0.05, 0.1) is 5.39 Å². The number of benzene rings is 2. The van der Waals surface area contributed by atoms with Gasteiger partial charge in [0.1, 0.15) is 11.3 Å². The number of nitrogens with zero attached hydrogens (tertiary/aromatic N) is 2. The van der Waals surface area contributed by atoms with Gasteiger partial charge >= 0.3 is 6.36 Å². The maximum atomic E-state index is 12.2. The van der Waals surface area contributed by atoms with Gasteiger partial charge < -0.3 is 20.5 Å². The van der Waals surface area contributed by atoms with Crippen LogP contribution in [0.15, 0.2) is 52.1 Å². The van der Waals surface area contributed by atoms with E-state index in [-0.39, 0.29) is 11.6 Å². The summed E-state index contributed by atoms with van der Waals surface area (Å²) in [5.74, 6) is 10.9. The summed E-state index contributed by atoms with van der Waals surface area (Å²) in [7, 11) is 0. The van der Waals surface area contributed by atoms with Crippen LogP contribution in [0.3, 0.4) is 0 Å². The molecule has 0 saturated carbocycles. The molecule has 0 bridgehead atoms. The van der Waals surface area contributed by atoms with Gasteiger partial charge in [-0.3, -0.25) is 0 Å². The molecule has 0 atom stereocenters. The largest absolute Gasteiger partial charge is 0.573 e. The minimum Gasteiger partial charge on any atom is -0.406 e. The van der Waals surface area contributed by atoms with Gasteiger partial charge in [-0.2, -0.15) is 5.10 Å². The van der Waals surface area contributed by atoms with Gasteiger partial charge in [0.2, 0.25) is 0 Å². The van der Waals surface area contributed by atoms with E-state index in [1.165, 1.54) is 24.3 Å². The van der Waals surface area contributed by atoms with Crippen LogP contribution in [-0.4, -0.2) is 17.4 Å². The van der Waals surface area contributed by atoms with E-state index in [0.717, 1.165) is 0 Å². The van der Waals surface area contributed by atoms with Crippen LogP contribution in [0.2, 0.25) is 0 Å². The summed E-state index contributed by atoms with van der Waals surface area (Å²) in [4.78, 5) is 0. The number of aromatic nitrogens is 1. The Labute approximate surface area is 139 Å². The number of rotatable bonds is 3. The summed E-state index contributed by atoms with van der Waals surface area (Å²) in [6.45, 7) is 0. The average Bonchev–Trinajstić information content (AvgIpc) is 2.99. The van der Waals surface area contributed by atoms with Crippen molar-refractivity contribution in [3.63, 3.8) is 0 Å². The number of fused-ring (bicyclic) bond motifs is 1. The van der Waals surface area contributed by atoms with E-state index in [1.807, 2.05) is 0 Å². The maximum Gasteiger partial charge on any atom is 0.573 e. The van der Waals surface area contributed by atoms with Crippen LogP contribution in [0, 0.1) is 0 Å². The molecule has 3 aromatic rings. The van der Waals surface area contributed by atoms with E-state index in [2.05, 4.69) is 20.4 Å². The molecule has 0 spiro atoms. The molecule has 10 heteroatoms. The molecule has 1 heterocycles. The number of hydrogen-bond acceptors (Lipinski definition) is 6. The number of ether oxygens (including phenoxy) is 1. The van der Waals surface area contributed by atoms with Crippen LogP contribution >= 0.6 is 0 Å². The Morgan fingerprint density at radius 1 is 1.16 bits per heavy atom. The summed E-state index contributed by atoms with van der Waals surface area (Å²) < 4.78 is 45.8. The molecule has 5 N–H and O–H groups in total. The van der Waals surface area contributed by atoms with Crippen molar-refractivity contribution in [2.75, 3.05) is 0 Å². The van der Waals surface area contributed by atoms with Gasteiger partial charge in [-0.05, 0) is 42.5 Å². The number of nitrogens with one attached hydrogen (secondary N) is 1. The number of alkyl halides is 3. The minimum absolute atomic E-state index is 0.253. The number of amidine groups is 1. The van der Waals surface area contributed by atoms with Crippen LogP contribution in [-0.2, 0) is 0 Å². The summed E-state index contributed by atoms with van der Waals surface area (Å²) in [5, 5.41) is 8.07. The molecule has 0 unspecified atom stereocenters. The molecule has 0 aliphatic heterocycles. The lowest BCUT2D eigenvalue weighted by molar-refractivity contribution is -0.274. The van der Waals surface area contributed by atoms with Crippen LogP contribution < -0.4 is 21.8 Å². The maximum absolute atomic E-state index is 12.2. The Morgan fingerprint density at radius 2 is 1.88 bits per heavy atom. The fourth-order valence-corrected chi connectivity index (χ4v) is 2.30. The lowest BCUT2D eigenvalue weighted by Crippen LogP contribution is -2.31. The second kappa shape index (κ2) is 6.32. The van der Waals surface area contributed by atoms with Crippen molar-refractivity contribution in [1.29, 1.82) is 0 Å². The van der Waals surface area contributed by atoms with E-state index in [1.54, 1.807) is 18.2 Å². The Balaban J connectivity index is 1.99. The van der Waals surface area contributed by atoms with Crippen molar-refractivity contribution < 1.29 is 22.4 Å². The van der Waals surface area contributed by atoms with Crippen molar-refractivity contribution >= 4 is 16.7 Å². The lowest BCUT2D eigenvalue weighted by Gasteiger charge is -2.08. The molecule has 130 valence electrons. The van der Waals surface area contributed by atoms with Gasteiger partial charge in [-0.1, -0.05) is 5.16 Å². The van der Waals surface area contributed by atoms with E-state index in [9.17, 15) is 13.2 Å². The second-order valence-corrected chi connectivity index (χ2v) is 4.94. The first-order valence-electron chi connectivity index (χ1n) is 6.92. The normalized spacial score (nSPS) is 12.4. The molecule has 0 amide bonds. The standard InChI is InChI=1S/C15H12F3N5O2/c16-15(17,18)24-10-4-1-8(2-5-10)13-11-7-9(14(21-19)22-20)3-6-12(11)23-25-13/h1-7H,19-20H2,(H,21,22). The topological polar surface area (TPSA) is 112 Å².